The first-order valence-corrected chi connectivity index (χ1v) is 9.22. The van der Waals surface area contributed by atoms with Crippen molar-refractivity contribution < 1.29 is 9.53 Å². The number of anilines is 1. The number of hydrogen-bond acceptors (Lipinski definition) is 3. The number of rotatable bonds is 6. The molecule has 3 rings (SSSR count). The van der Waals surface area contributed by atoms with E-state index in [4.69, 9.17) is 4.74 Å². The molecule has 3 aromatic carbocycles. The monoisotopic (exact) mass is 455 g/mol. The summed E-state index contributed by atoms with van der Waals surface area (Å²) in [4.78, 5) is 12.8. The van der Waals surface area contributed by atoms with E-state index in [0.29, 0.717) is 11.3 Å². The van der Waals surface area contributed by atoms with Crippen LogP contribution >= 0.6 is 22.6 Å². The molecule has 0 aliphatic carbocycles. The molecule has 0 aromatic heterocycles. The normalized spacial score (nSPS) is 11.1. The number of ether oxygens (including phenoxy) is 1. The van der Waals surface area contributed by atoms with Gasteiger partial charge in [0.15, 0.2) is 5.78 Å². The lowest BCUT2D eigenvalue weighted by atomic mass is 10.1. The van der Waals surface area contributed by atoms with Crippen LogP contribution < -0.4 is 10.1 Å². The van der Waals surface area contributed by atoms with Crippen LogP contribution in [0.25, 0.3) is 5.70 Å². The van der Waals surface area contributed by atoms with Gasteiger partial charge in [0.2, 0.25) is 0 Å². The Morgan fingerprint density at radius 1 is 0.923 bits per heavy atom. The Labute approximate surface area is 166 Å². The van der Waals surface area contributed by atoms with Crippen LogP contribution in [0.1, 0.15) is 15.9 Å². The number of benzene rings is 3. The summed E-state index contributed by atoms with van der Waals surface area (Å²) in [6.07, 6.45) is 1.63. The lowest BCUT2D eigenvalue weighted by Gasteiger charge is -2.13. The summed E-state index contributed by atoms with van der Waals surface area (Å²) in [7, 11) is 1.59. The second-order valence-electron chi connectivity index (χ2n) is 5.63. The van der Waals surface area contributed by atoms with Crippen molar-refractivity contribution in [2.24, 2.45) is 0 Å². The fourth-order valence-electron chi connectivity index (χ4n) is 2.51. The minimum atomic E-state index is -0.0822. The van der Waals surface area contributed by atoms with Crippen LogP contribution in [-0.2, 0) is 0 Å². The van der Waals surface area contributed by atoms with E-state index >= 15 is 0 Å². The van der Waals surface area contributed by atoms with Gasteiger partial charge in [-0.15, -0.1) is 0 Å². The molecule has 0 heterocycles. The fraction of sp³-hybridized carbons (Fsp3) is 0.0455. The fourth-order valence-corrected chi connectivity index (χ4v) is 3.03. The first-order valence-electron chi connectivity index (χ1n) is 8.14. The molecule has 0 atom stereocenters. The molecule has 0 radical (unpaired) electrons. The molecule has 3 nitrogen and oxygen atoms in total. The predicted molar refractivity (Wildman–Crippen MR) is 115 cm³/mol. The first kappa shape index (κ1) is 18.2. The quantitative estimate of drug-likeness (QED) is 0.297. The number of hydrogen-bond donors (Lipinski definition) is 1. The van der Waals surface area contributed by atoms with Crippen LogP contribution in [0.15, 0.2) is 84.9 Å². The highest BCUT2D eigenvalue weighted by atomic mass is 127. The smallest absolute Gasteiger partial charge is 0.188 e. The van der Waals surface area contributed by atoms with Crippen LogP contribution in [-0.4, -0.2) is 12.9 Å². The summed E-state index contributed by atoms with van der Waals surface area (Å²) in [5.41, 5.74) is 3.25. The van der Waals surface area contributed by atoms with Crippen LogP contribution in [0, 0.1) is 3.57 Å². The Bertz CT molecular complexity index is 936. The van der Waals surface area contributed by atoms with E-state index in [-0.39, 0.29) is 5.78 Å². The summed E-state index contributed by atoms with van der Waals surface area (Å²) < 4.78 is 6.30. The molecule has 0 fully saturated rings. The van der Waals surface area contributed by atoms with Gasteiger partial charge >= 0.3 is 0 Å². The number of allylic oxidation sites excluding steroid dienone is 1. The van der Waals surface area contributed by atoms with E-state index in [1.807, 2.05) is 66.7 Å². The lowest BCUT2D eigenvalue weighted by Crippen LogP contribution is -2.04. The molecule has 0 saturated heterocycles. The van der Waals surface area contributed by atoms with Gasteiger partial charge in [-0.25, -0.2) is 0 Å². The topological polar surface area (TPSA) is 38.3 Å². The third-order valence-electron chi connectivity index (χ3n) is 3.86. The highest BCUT2D eigenvalue weighted by Gasteiger charge is 2.10. The summed E-state index contributed by atoms with van der Waals surface area (Å²) in [5, 5.41) is 3.39. The van der Waals surface area contributed by atoms with E-state index in [1.54, 1.807) is 25.3 Å². The maximum absolute atomic E-state index is 12.8. The zero-order valence-corrected chi connectivity index (χ0v) is 16.4. The molecule has 0 aliphatic heterocycles. The molecule has 0 aliphatic rings. The summed E-state index contributed by atoms with van der Waals surface area (Å²) in [5.74, 6) is 0.581. The molecule has 3 aromatic rings. The van der Waals surface area contributed by atoms with Crippen molar-refractivity contribution >= 4 is 39.8 Å². The molecule has 0 bridgehead atoms. The molecule has 0 amide bonds. The molecule has 130 valence electrons. The van der Waals surface area contributed by atoms with E-state index in [1.165, 1.54) is 0 Å². The summed E-state index contributed by atoms with van der Waals surface area (Å²) in [6.45, 7) is 0. The Hall–Kier alpha value is -2.60. The van der Waals surface area contributed by atoms with Crippen molar-refractivity contribution in [2.45, 2.75) is 0 Å². The van der Waals surface area contributed by atoms with E-state index < -0.39 is 0 Å². The number of para-hydroxylation sites is 1. The average Bonchev–Trinajstić information content (AvgIpc) is 2.69. The standard InChI is InChI=1S/C22H18INO2/c1-26-18-11-7-10-17(14-18)22(25)15-21(16-8-3-2-4-9-16)24-20-13-6-5-12-19(20)23/h2-15,24H,1H3/b21-15+. The van der Waals surface area contributed by atoms with E-state index in [0.717, 1.165) is 20.5 Å². The van der Waals surface area contributed by atoms with Gasteiger partial charge < -0.3 is 10.1 Å². The maximum Gasteiger partial charge on any atom is 0.188 e. The van der Waals surface area contributed by atoms with Crippen molar-refractivity contribution in [1.29, 1.82) is 0 Å². The molecule has 26 heavy (non-hydrogen) atoms. The van der Waals surface area contributed by atoms with Gasteiger partial charge in [0, 0.05) is 20.9 Å². The largest absolute Gasteiger partial charge is 0.497 e. The number of halogens is 1. The van der Waals surface area contributed by atoms with Gasteiger partial charge in [0.1, 0.15) is 5.75 Å². The van der Waals surface area contributed by atoms with Gasteiger partial charge in [-0.1, -0.05) is 54.6 Å². The molecular weight excluding hydrogens is 437 g/mol. The predicted octanol–water partition coefficient (Wildman–Crippen LogP) is 5.64. The molecule has 0 spiro atoms. The minimum Gasteiger partial charge on any atom is -0.497 e. The average molecular weight is 455 g/mol. The molecule has 0 unspecified atom stereocenters. The van der Waals surface area contributed by atoms with Gasteiger partial charge in [0.05, 0.1) is 12.8 Å². The van der Waals surface area contributed by atoms with Crippen LogP contribution in [0.3, 0.4) is 0 Å². The molecular formula is C22H18INO2. The minimum absolute atomic E-state index is 0.0822. The Balaban J connectivity index is 1.98. The lowest BCUT2D eigenvalue weighted by molar-refractivity contribution is 0.104. The second-order valence-corrected chi connectivity index (χ2v) is 6.79. The highest BCUT2D eigenvalue weighted by Crippen LogP contribution is 2.24. The second kappa shape index (κ2) is 8.67. The van der Waals surface area contributed by atoms with Gasteiger partial charge in [-0.05, 0) is 52.4 Å². The number of carbonyl (C=O) groups is 1. The van der Waals surface area contributed by atoms with Crippen molar-refractivity contribution in [3.8, 4) is 5.75 Å². The molecule has 1 N–H and O–H groups in total. The highest BCUT2D eigenvalue weighted by molar-refractivity contribution is 14.1. The SMILES string of the molecule is COc1cccc(C(=O)/C=C(/Nc2ccccc2I)c2ccccc2)c1. The van der Waals surface area contributed by atoms with Gasteiger partial charge in [0.25, 0.3) is 0 Å². The summed E-state index contributed by atoms with van der Waals surface area (Å²) >= 11 is 2.28. The van der Waals surface area contributed by atoms with Gasteiger partial charge in [-0.2, -0.15) is 0 Å². The zero-order valence-electron chi connectivity index (χ0n) is 14.3. The Morgan fingerprint density at radius 2 is 1.62 bits per heavy atom. The number of carbonyl (C=O) groups excluding carboxylic acids is 1. The van der Waals surface area contributed by atoms with E-state index in [2.05, 4.69) is 27.9 Å². The zero-order chi connectivity index (χ0) is 18.4. The molecule has 0 saturated carbocycles. The van der Waals surface area contributed by atoms with Crippen LogP contribution in [0.2, 0.25) is 0 Å². The van der Waals surface area contributed by atoms with Crippen LogP contribution in [0.5, 0.6) is 5.75 Å². The third kappa shape index (κ3) is 4.52. The maximum atomic E-state index is 12.8. The molecule has 4 heteroatoms. The number of ketones is 1. The van der Waals surface area contributed by atoms with Crippen molar-refractivity contribution in [3.05, 3.63) is 99.6 Å². The first-order chi connectivity index (χ1) is 12.7. The van der Waals surface area contributed by atoms with E-state index in [9.17, 15) is 4.79 Å². The van der Waals surface area contributed by atoms with Crippen molar-refractivity contribution in [2.75, 3.05) is 12.4 Å². The third-order valence-corrected chi connectivity index (χ3v) is 4.80. The van der Waals surface area contributed by atoms with Crippen molar-refractivity contribution in [3.63, 3.8) is 0 Å². The van der Waals surface area contributed by atoms with Crippen LogP contribution in [0.4, 0.5) is 5.69 Å². The number of methoxy groups -OCH3 is 1. The van der Waals surface area contributed by atoms with Gasteiger partial charge in [-0.3, -0.25) is 4.79 Å². The van der Waals surface area contributed by atoms with Crippen molar-refractivity contribution in [1.82, 2.24) is 0 Å². The summed E-state index contributed by atoms with van der Waals surface area (Å²) in [6, 6.07) is 25.0. The number of nitrogens with one attached hydrogen (secondary N) is 1. The Morgan fingerprint density at radius 3 is 2.35 bits per heavy atom. The Kier molecular flexibility index (Phi) is 6.07.